The number of likely N-dealkylation sites (tertiary alicyclic amines) is 1. The zero-order chi connectivity index (χ0) is 14.5. The minimum absolute atomic E-state index is 0.135. The molecule has 0 spiro atoms. The SMILES string of the molecule is CC(C)c1nnc(NC(=O)CN2CCC(C=O)CC2)o1. The first-order chi connectivity index (χ1) is 9.58. The number of aromatic nitrogens is 2. The van der Waals surface area contributed by atoms with Crippen LogP contribution in [0.4, 0.5) is 6.01 Å². The molecule has 0 atom stereocenters. The Labute approximate surface area is 117 Å². The normalized spacial score (nSPS) is 17.4. The maximum absolute atomic E-state index is 11.9. The molecule has 0 radical (unpaired) electrons. The molecule has 1 aliphatic heterocycles. The average molecular weight is 280 g/mol. The lowest BCUT2D eigenvalue weighted by Gasteiger charge is -2.28. The number of carbonyl (C=O) groups is 2. The number of nitrogens with zero attached hydrogens (tertiary/aromatic N) is 3. The predicted molar refractivity (Wildman–Crippen MR) is 72.2 cm³/mol. The molecule has 7 nitrogen and oxygen atoms in total. The Morgan fingerprint density at radius 1 is 1.45 bits per heavy atom. The number of rotatable bonds is 5. The largest absolute Gasteiger partial charge is 0.408 e. The molecule has 0 unspecified atom stereocenters. The maximum atomic E-state index is 11.9. The van der Waals surface area contributed by atoms with Gasteiger partial charge in [0.05, 0.1) is 6.54 Å². The quantitative estimate of drug-likeness (QED) is 0.811. The number of carbonyl (C=O) groups excluding carboxylic acids is 2. The van der Waals surface area contributed by atoms with Crippen molar-refractivity contribution in [1.82, 2.24) is 15.1 Å². The first-order valence-electron chi connectivity index (χ1n) is 6.89. The summed E-state index contributed by atoms with van der Waals surface area (Å²) >= 11 is 0. The summed E-state index contributed by atoms with van der Waals surface area (Å²) in [5, 5.41) is 10.2. The summed E-state index contributed by atoms with van der Waals surface area (Å²) in [6.07, 6.45) is 2.63. The summed E-state index contributed by atoms with van der Waals surface area (Å²) in [4.78, 5) is 24.5. The molecule has 0 aromatic carbocycles. The van der Waals surface area contributed by atoms with Gasteiger partial charge in [-0.3, -0.25) is 15.0 Å². The van der Waals surface area contributed by atoms with Gasteiger partial charge in [0, 0.05) is 11.8 Å². The van der Waals surface area contributed by atoms with Crippen LogP contribution < -0.4 is 5.32 Å². The molecule has 1 aromatic heterocycles. The van der Waals surface area contributed by atoms with Crippen LogP contribution in [0.2, 0.25) is 0 Å². The Hall–Kier alpha value is -1.76. The van der Waals surface area contributed by atoms with Crippen molar-refractivity contribution in [1.29, 1.82) is 0 Å². The van der Waals surface area contributed by atoms with E-state index < -0.39 is 0 Å². The van der Waals surface area contributed by atoms with Gasteiger partial charge in [-0.25, -0.2) is 0 Å². The first kappa shape index (κ1) is 14.6. The van der Waals surface area contributed by atoms with Crippen LogP contribution in [0.3, 0.4) is 0 Å². The van der Waals surface area contributed by atoms with E-state index in [1.165, 1.54) is 0 Å². The van der Waals surface area contributed by atoms with Gasteiger partial charge >= 0.3 is 6.01 Å². The van der Waals surface area contributed by atoms with E-state index in [1.807, 2.05) is 18.7 Å². The van der Waals surface area contributed by atoms with Crippen molar-refractivity contribution in [3.05, 3.63) is 5.89 Å². The van der Waals surface area contributed by atoms with E-state index in [0.29, 0.717) is 5.89 Å². The van der Waals surface area contributed by atoms with E-state index in [2.05, 4.69) is 15.5 Å². The van der Waals surface area contributed by atoms with E-state index in [4.69, 9.17) is 4.42 Å². The van der Waals surface area contributed by atoms with Crippen molar-refractivity contribution in [2.24, 2.45) is 5.92 Å². The fourth-order valence-corrected chi connectivity index (χ4v) is 2.13. The molecule has 1 fully saturated rings. The fraction of sp³-hybridized carbons (Fsp3) is 0.692. The Morgan fingerprint density at radius 3 is 2.70 bits per heavy atom. The minimum Gasteiger partial charge on any atom is -0.408 e. The molecule has 1 aromatic rings. The molecule has 7 heteroatoms. The summed E-state index contributed by atoms with van der Waals surface area (Å²) in [6.45, 7) is 5.69. The fourth-order valence-electron chi connectivity index (χ4n) is 2.13. The second-order valence-corrected chi connectivity index (χ2v) is 5.40. The van der Waals surface area contributed by atoms with Crippen LogP contribution in [0.1, 0.15) is 38.5 Å². The Balaban J connectivity index is 1.79. The first-order valence-corrected chi connectivity index (χ1v) is 6.89. The van der Waals surface area contributed by atoms with Gasteiger partial charge in [0.2, 0.25) is 11.8 Å². The predicted octanol–water partition coefficient (Wildman–Crippen LogP) is 1.04. The number of hydrogen-bond donors (Lipinski definition) is 1. The molecule has 0 aliphatic carbocycles. The molecule has 0 bridgehead atoms. The molecule has 20 heavy (non-hydrogen) atoms. The molecular formula is C13H20N4O3. The molecule has 1 saturated heterocycles. The number of piperidine rings is 1. The monoisotopic (exact) mass is 280 g/mol. The third kappa shape index (κ3) is 3.86. The van der Waals surface area contributed by atoms with Gasteiger partial charge in [-0.2, -0.15) is 0 Å². The zero-order valence-corrected chi connectivity index (χ0v) is 11.8. The van der Waals surface area contributed by atoms with E-state index in [-0.39, 0.29) is 30.3 Å². The summed E-state index contributed by atoms with van der Waals surface area (Å²) in [6, 6.07) is 0.140. The highest BCUT2D eigenvalue weighted by Gasteiger charge is 2.21. The zero-order valence-electron chi connectivity index (χ0n) is 11.8. The number of amides is 1. The molecule has 2 heterocycles. The third-order valence-corrected chi connectivity index (χ3v) is 3.37. The standard InChI is InChI=1S/C13H20N4O3/c1-9(2)12-15-16-13(20-12)14-11(19)7-17-5-3-10(8-18)4-6-17/h8-10H,3-7H2,1-2H3,(H,14,16,19). The maximum Gasteiger partial charge on any atom is 0.322 e. The number of anilines is 1. The highest BCUT2D eigenvalue weighted by molar-refractivity contribution is 5.90. The van der Waals surface area contributed by atoms with Crippen LogP contribution in [-0.2, 0) is 9.59 Å². The highest BCUT2D eigenvalue weighted by atomic mass is 16.4. The molecule has 0 saturated carbocycles. The number of hydrogen-bond acceptors (Lipinski definition) is 6. The topological polar surface area (TPSA) is 88.3 Å². The summed E-state index contributed by atoms with van der Waals surface area (Å²) in [7, 11) is 0. The summed E-state index contributed by atoms with van der Waals surface area (Å²) < 4.78 is 5.32. The lowest BCUT2D eigenvalue weighted by atomic mass is 9.99. The second kappa shape index (κ2) is 6.60. The van der Waals surface area contributed by atoms with Crippen molar-refractivity contribution in [2.45, 2.75) is 32.6 Å². The van der Waals surface area contributed by atoms with Crippen LogP contribution >= 0.6 is 0 Å². The van der Waals surface area contributed by atoms with Crippen molar-refractivity contribution in [3.8, 4) is 0 Å². The Bertz CT molecular complexity index is 464. The van der Waals surface area contributed by atoms with E-state index in [0.717, 1.165) is 32.2 Å². The minimum atomic E-state index is -0.173. The van der Waals surface area contributed by atoms with Gasteiger partial charge in [-0.15, -0.1) is 5.10 Å². The average Bonchev–Trinajstić information content (AvgIpc) is 2.88. The van der Waals surface area contributed by atoms with Gasteiger partial charge < -0.3 is 9.21 Å². The van der Waals surface area contributed by atoms with Gasteiger partial charge in [0.1, 0.15) is 6.29 Å². The molecule has 1 amide bonds. The van der Waals surface area contributed by atoms with Crippen LogP contribution in [0.25, 0.3) is 0 Å². The second-order valence-electron chi connectivity index (χ2n) is 5.40. The van der Waals surface area contributed by atoms with Crippen LogP contribution in [0.15, 0.2) is 4.42 Å². The Morgan fingerprint density at radius 2 is 2.15 bits per heavy atom. The number of aldehydes is 1. The van der Waals surface area contributed by atoms with E-state index in [1.54, 1.807) is 0 Å². The van der Waals surface area contributed by atoms with Gasteiger partial charge in [-0.05, 0) is 25.9 Å². The molecule has 2 rings (SSSR count). The van der Waals surface area contributed by atoms with Crippen molar-refractivity contribution in [3.63, 3.8) is 0 Å². The van der Waals surface area contributed by atoms with E-state index in [9.17, 15) is 9.59 Å². The molecule has 1 N–H and O–H groups in total. The number of nitrogens with one attached hydrogen (secondary N) is 1. The molecule has 1 aliphatic rings. The lowest BCUT2D eigenvalue weighted by molar-refractivity contribution is -0.118. The van der Waals surface area contributed by atoms with E-state index >= 15 is 0 Å². The lowest BCUT2D eigenvalue weighted by Crippen LogP contribution is -2.39. The van der Waals surface area contributed by atoms with Crippen LogP contribution in [0.5, 0.6) is 0 Å². The van der Waals surface area contributed by atoms with Gasteiger partial charge in [0.15, 0.2) is 0 Å². The van der Waals surface area contributed by atoms with Crippen molar-refractivity contribution < 1.29 is 14.0 Å². The van der Waals surface area contributed by atoms with Crippen molar-refractivity contribution >= 4 is 18.2 Å². The smallest absolute Gasteiger partial charge is 0.322 e. The summed E-state index contributed by atoms with van der Waals surface area (Å²) in [5.74, 6) is 0.606. The van der Waals surface area contributed by atoms with Gasteiger partial charge in [0.25, 0.3) is 0 Å². The Kier molecular flexibility index (Phi) is 4.84. The van der Waals surface area contributed by atoms with Crippen LogP contribution in [0, 0.1) is 5.92 Å². The van der Waals surface area contributed by atoms with Gasteiger partial charge in [-0.1, -0.05) is 18.9 Å². The molecule has 110 valence electrons. The van der Waals surface area contributed by atoms with Crippen LogP contribution in [-0.4, -0.2) is 46.9 Å². The summed E-state index contributed by atoms with van der Waals surface area (Å²) in [5.41, 5.74) is 0. The molecular weight excluding hydrogens is 260 g/mol. The van der Waals surface area contributed by atoms with Crippen molar-refractivity contribution in [2.75, 3.05) is 25.0 Å². The third-order valence-electron chi connectivity index (χ3n) is 3.37. The highest BCUT2D eigenvalue weighted by Crippen LogP contribution is 2.16.